The lowest BCUT2D eigenvalue weighted by atomic mass is 10.1. The molecule has 8 heteroatoms. The molecule has 2 aromatic heterocycles. The van der Waals surface area contributed by atoms with Crippen LogP contribution in [0.5, 0.6) is 0 Å². The van der Waals surface area contributed by atoms with Crippen LogP contribution in [-0.4, -0.2) is 45.6 Å². The molecule has 0 radical (unpaired) electrons. The summed E-state index contributed by atoms with van der Waals surface area (Å²) in [4.78, 5) is 10.2. The zero-order valence-electron chi connectivity index (χ0n) is 12.8. The second-order valence-corrected chi connectivity index (χ2v) is 5.65. The summed E-state index contributed by atoms with van der Waals surface area (Å²) >= 11 is 0. The van der Waals surface area contributed by atoms with Crippen LogP contribution in [-0.2, 0) is 12.7 Å². The zero-order valence-corrected chi connectivity index (χ0v) is 12.8. The van der Waals surface area contributed by atoms with Crippen molar-refractivity contribution in [3.8, 4) is 5.82 Å². The largest absolute Gasteiger partial charge is 0.416 e. The van der Waals surface area contributed by atoms with Crippen LogP contribution in [0.1, 0.15) is 16.8 Å². The van der Waals surface area contributed by atoms with Crippen LogP contribution in [0, 0.1) is 6.92 Å². The van der Waals surface area contributed by atoms with E-state index in [1.54, 1.807) is 13.1 Å². The first-order valence-corrected chi connectivity index (χ1v) is 7.43. The van der Waals surface area contributed by atoms with E-state index < -0.39 is 11.7 Å². The molecule has 0 aromatic carbocycles. The van der Waals surface area contributed by atoms with Crippen molar-refractivity contribution in [2.75, 3.05) is 26.2 Å². The molecule has 5 nitrogen and oxygen atoms in total. The molecular formula is C15H18F3N5. The van der Waals surface area contributed by atoms with E-state index in [0.29, 0.717) is 0 Å². The summed E-state index contributed by atoms with van der Waals surface area (Å²) < 4.78 is 41.8. The standard InChI is InChI=1S/C15H18F3N5/c1-11-8-23(10-21-11)14-6-13(15(16,17)18)12(7-20-14)9-22-4-2-19-3-5-22/h6-8,10,19H,2-5,9H2,1H3. The number of imidazole rings is 1. The van der Waals surface area contributed by atoms with Gasteiger partial charge in [-0.2, -0.15) is 13.2 Å². The van der Waals surface area contributed by atoms with Gasteiger partial charge in [-0.3, -0.25) is 9.47 Å². The highest BCUT2D eigenvalue weighted by atomic mass is 19.4. The van der Waals surface area contributed by atoms with E-state index in [2.05, 4.69) is 15.3 Å². The molecule has 1 N–H and O–H groups in total. The molecule has 0 saturated carbocycles. The van der Waals surface area contributed by atoms with Crippen molar-refractivity contribution in [3.63, 3.8) is 0 Å². The van der Waals surface area contributed by atoms with Crippen molar-refractivity contribution < 1.29 is 13.2 Å². The van der Waals surface area contributed by atoms with Gasteiger partial charge in [0.15, 0.2) is 0 Å². The highest BCUT2D eigenvalue weighted by Crippen LogP contribution is 2.33. The molecule has 3 rings (SSSR count). The lowest BCUT2D eigenvalue weighted by Crippen LogP contribution is -2.43. The van der Waals surface area contributed by atoms with Gasteiger partial charge < -0.3 is 5.32 Å². The second kappa shape index (κ2) is 6.29. The number of halogens is 3. The molecular weight excluding hydrogens is 307 g/mol. The van der Waals surface area contributed by atoms with Crippen molar-refractivity contribution in [1.82, 2.24) is 24.8 Å². The van der Waals surface area contributed by atoms with Gasteiger partial charge in [0, 0.05) is 45.1 Å². The third-order valence-corrected chi connectivity index (χ3v) is 3.86. The van der Waals surface area contributed by atoms with E-state index in [1.165, 1.54) is 17.1 Å². The average Bonchev–Trinajstić information content (AvgIpc) is 2.94. The zero-order chi connectivity index (χ0) is 16.4. The van der Waals surface area contributed by atoms with Crippen LogP contribution in [0.3, 0.4) is 0 Å². The van der Waals surface area contributed by atoms with Crippen LogP contribution >= 0.6 is 0 Å². The fourth-order valence-corrected chi connectivity index (χ4v) is 2.66. The number of nitrogens with one attached hydrogen (secondary N) is 1. The maximum absolute atomic E-state index is 13.4. The summed E-state index contributed by atoms with van der Waals surface area (Å²) in [7, 11) is 0. The Morgan fingerprint density at radius 1 is 1.22 bits per heavy atom. The fraction of sp³-hybridized carbons (Fsp3) is 0.467. The Hall–Kier alpha value is -1.93. The number of rotatable bonds is 3. The maximum atomic E-state index is 13.4. The molecule has 23 heavy (non-hydrogen) atoms. The second-order valence-electron chi connectivity index (χ2n) is 5.65. The van der Waals surface area contributed by atoms with Gasteiger partial charge in [0.25, 0.3) is 0 Å². The minimum absolute atomic E-state index is 0.208. The van der Waals surface area contributed by atoms with E-state index in [-0.39, 0.29) is 17.9 Å². The predicted octanol–water partition coefficient (Wildman–Crippen LogP) is 2.00. The molecule has 1 saturated heterocycles. The van der Waals surface area contributed by atoms with Crippen molar-refractivity contribution in [1.29, 1.82) is 0 Å². The third-order valence-electron chi connectivity index (χ3n) is 3.86. The molecule has 0 unspecified atom stereocenters. The molecule has 0 spiro atoms. The molecule has 0 atom stereocenters. The Balaban J connectivity index is 1.92. The Morgan fingerprint density at radius 2 is 1.96 bits per heavy atom. The summed E-state index contributed by atoms with van der Waals surface area (Å²) in [5.41, 5.74) is 0.303. The van der Waals surface area contributed by atoms with Crippen molar-refractivity contribution >= 4 is 0 Å². The maximum Gasteiger partial charge on any atom is 0.416 e. The SMILES string of the molecule is Cc1cn(-c2cc(C(F)(F)F)c(CN3CCNCC3)cn2)cn1. The van der Waals surface area contributed by atoms with Crippen LogP contribution in [0.15, 0.2) is 24.8 Å². The fourth-order valence-electron chi connectivity index (χ4n) is 2.66. The number of aromatic nitrogens is 3. The van der Waals surface area contributed by atoms with Crippen LogP contribution < -0.4 is 5.32 Å². The Labute approximate surface area is 132 Å². The van der Waals surface area contributed by atoms with E-state index in [0.717, 1.165) is 37.9 Å². The van der Waals surface area contributed by atoms with Crippen molar-refractivity contribution in [3.05, 3.63) is 41.6 Å². The quantitative estimate of drug-likeness (QED) is 0.938. The van der Waals surface area contributed by atoms with Gasteiger partial charge in [-0.05, 0) is 18.6 Å². The monoisotopic (exact) mass is 325 g/mol. The first-order chi connectivity index (χ1) is 10.9. The number of nitrogens with zero attached hydrogens (tertiary/aromatic N) is 4. The van der Waals surface area contributed by atoms with Gasteiger partial charge in [0.05, 0.1) is 11.3 Å². The summed E-state index contributed by atoms with van der Waals surface area (Å²) in [5.74, 6) is 0.224. The molecule has 1 fully saturated rings. The first-order valence-electron chi connectivity index (χ1n) is 7.43. The van der Waals surface area contributed by atoms with Gasteiger partial charge in [-0.1, -0.05) is 0 Å². The summed E-state index contributed by atoms with van der Waals surface area (Å²) in [5, 5.41) is 3.19. The van der Waals surface area contributed by atoms with E-state index in [4.69, 9.17) is 0 Å². The predicted molar refractivity (Wildman–Crippen MR) is 79.2 cm³/mol. The van der Waals surface area contributed by atoms with Gasteiger partial charge in [0.2, 0.25) is 0 Å². The summed E-state index contributed by atoms with van der Waals surface area (Å²) in [6.45, 7) is 5.09. The Morgan fingerprint density at radius 3 is 2.57 bits per heavy atom. The Bertz CT molecular complexity index is 674. The summed E-state index contributed by atoms with van der Waals surface area (Å²) in [6.07, 6.45) is 0.0402. The third kappa shape index (κ3) is 3.70. The minimum atomic E-state index is -4.41. The molecule has 0 aliphatic carbocycles. The highest BCUT2D eigenvalue weighted by Gasteiger charge is 2.34. The molecule has 3 heterocycles. The van der Waals surface area contributed by atoms with Gasteiger partial charge in [-0.25, -0.2) is 9.97 Å². The van der Waals surface area contributed by atoms with Crippen molar-refractivity contribution in [2.45, 2.75) is 19.6 Å². The number of piperazine rings is 1. The molecule has 0 bridgehead atoms. The van der Waals surface area contributed by atoms with Gasteiger partial charge in [-0.15, -0.1) is 0 Å². The normalized spacial score (nSPS) is 16.7. The number of alkyl halides is 3. The van der Waals surface area contributed by atoms with Crippen LogP contribution in [0.25, 0.3) is 5.82 Å². The lowest BCUT2D eigenvalue weighted by Gasteiger charge is -2.28. The van der Waals surface area contributed by atoms with Gasteiger partial charge >= 0.3 is 6.18 Å². The number of pyridine rings is 1. The van der Waals surface area contributed by atoms with E-state index >= 15 is 0 Å². The van der Waals surface area contributed by atoms with E-state index in [9.17, 15) is 13.2 Å². The van der Waals surface area contributed by atoms with E-state index in [1.807, 2.05) is 4.90 Å². The lowest BCUT2D eigenvalue weighted by molar-refractivity contribution is -0.138. The van der Waals surface area contributed by atoms with Crippen LogP contribution in [0.4, 0.5) is 13.2 Å². The summed E-state index contributed by atoms with van der Waals surface area (Å²) in [6, 6.07) is 1.10. The van der Waals surface area contributed by atoms with Crippen LogP contribution in [0.2, 0.25) is 0 Å². The number of aryl methyl sites for hydroxylation is 1. The highest BCUT2D eigenvalue weighted by molar-refractivity contribution is 5.36. The smallest absolute Gasteiger partial charge is 0.314 e. The topological polar surface area (TPSA) is 46.0 Å². The number of hydrogen-bond donors (Lipinski definition) is 1. The molecule has 2 aromatic rings. The first kappa shape index (κ1) is 15.9. The molecule has 1 aliphatic rings. The molecule has 1 aliphatic heterocycles. The van der Waals surface area contributed by atoms with Gasteiger partial charge in [0.1, 0.15) is 12.1 Å². The molecule has 124 valence electrons. The minimum Gasteiger partial charge on any atom is -0.314 e. The number of hydrogen-bond acceptors (Lipinski definition) is 4. The Kier molecular flexibility index (Phi) is 4.36. The average molecular weight is 325 g/mol. The molecule has 0 amide bonds. The van der Waals surface area contributed by atoms with Crippen molar-refractivity contribution in [2.24, 2.45) is 0 Å².